The summed E-state index contributed by atoms with van der Waals surface area (Å²) >= 11 is 5.29. The minimum absolute atomic E-state index is 0.967. The molecule has 1 radical (unpaired) electrons. The van der Waals surface area contributed by atoms with Gasteiger partial charge < -0.3 is 4.90 Å². The molecule has 0 aromatic carbocycles. The van der Waals surface area contributed by atoms with Crippen molar-refractivity contribution in [1.29, 1.82) is 0 Å². The van der Waals surface area contributed by atoms with Crippen molar-refractivity contribution in [1.82, 2.24) is 4.90 Å². The lowest BCUT2D eigenvalue weighted by molar-refractivity contribution is 0.415. The van der Waals surface area contributed by atoms with Crippen molar-refractivity contribution in [3.8, 4) is 0 Å². The number of rotatable bonds is 3. The number of nitrogens with zero attached hydrogens (tertiary/aromatic N) is 1. The Morgan fingerprint density at radius 1 is 1.57 bits per heavy atom. The lowest BCUT2D eigenvalue weighted by atomic mass is 10.5. The van der Waals surface area contributed by atoms with Gasteiger partial charge in [-0.25, -0.2) is 0 Å². The summed E-state index contributed by atoms with van der Waals surface area (Å²) in [4.78, 5) is 2.10. The Hall–Kier alpha value is 0.250. The second-order valence-electron chi connectivity index (χ2n) is 1.75. The largest absolute Gasteiger partial charge is 0.309 e. The second-order valence-corrected chi connectivity index (χ2v) is 2.05. The standard InChI is InChI=1S/C5H11ClN/c1-7(2)5-3-4-6/h4H,3,5H2,1-2H3. The van der Waals surface area contributed by atoms with Crippen LogP contribution in [-0.2, 0) is 0 Å². The third-order valence-corrected chi connectivity index (χ3v) is 0.904. The fourth-order valence-electron chi connectivity index (χ4n) is 0.307. The van der Waals surface area contributed by atoms with Gasteiger partial charge in [0, 0.05) is 0 Å². The highest BCUT2D eigenvalue weighted by molar-refractivity contribution is 6.23. The molecule has 0 fully saturated rings. The van der Waals surface area contributed by atoms with E-state index in [0.29, 0.717) is 0 Å². The first kappa shape index (κ1) is 7.25. The highest BCUT2D eigenvalue weighted by Crippen LogP contribution is 1.91. The molecule has 0 atom stereocenters. The zero-order valence-electron chi connectivity index (χ0n) is 4.82. The van der Waals surface area contributed by atoms with E-state index in [1.54, 1.807) is 5.88 Å². The van der Waals surface area contributed by atoms with Crippen LogP contribution in [0.4, 0.5) is 0 Å². The van der Waals surface area contributed by atoms with Crippen molar-refractivity contribution < 1.29 is 0 Å². The van der Waals surface area contributed by atoms with E-state index in [0.717, 1.165) is 13.0 Å². The van der Waals surface area contributed by atoms with E-state index in [2.05, 4.69) is 4.90 Å². The fraction of sp³-hybridized carbons (Fsp3) is 0.800. The van der Waals surface area contributed by atoms with Crippen molar-refractivity contribution in [3.63, 3.8) is 0 Å². The van der Waals surface area contributed by atoms with Crippen molar-refractivity contribution in [2.24, 2.45) is 0 Å². The molecule has 2 heteroatoms. The van der Waals surface area contributed by atoms with Crippen LogP contribution >= 0.6 is 11.6 Å². The molecule has 0 saturated heterocycles. The van der Waals surface area contributed by atoms with Crippen LogP contribution in [0.2, 0.25) is 0 Å². The molecule has 0 rings (SSSR count). The molecule has 0 aliphatic carbocycles. The van der Waals surface area contributed by atoms with Gasteiger partial charge in [0.2, 0.25) is 0 Å². The zero-order chi connectivity index (χ0) is 5.70. The van der Waals surface area contributed by atoms with Gasteiger partial charge in [-0.05, 0) is 27.1 Å². The Morgan fingerprint density at radius 2 is 2.14 bits per heavy atom. The molecule has 0 aromatic rings. The minimum Gasteiger partial charge on any atom is -0.309 e. The Balaban J connectivity index is 2.68. The Bertz CT molecular complexity index is 37.1. The smallest absolute Gasteiger partial charge is 0.0512 e. The summed E-state index contributed by atoms with van der Waals surface area (Å²) in [6.07, 6.45) is 0.967. The molecular weight excluding hydrogens is 110 g/mol. The van der Waals surface area contributed by atoms with Crippen molar-refractivity contribution >= 4 is 11.6 Å². The van der Waals surface area contributed by atoms with Crippen LogP contribution in [0.25, 0.3) is 0 Å². The molecule has 0 heterocycles. The zero-order valence-corrected chi connectivity index (χ0v) is 5.57. The summed E-state index contributed by atoms with van der Waals surface area (Å²) in [7, 11) is 4.06. The molecule has 0 unspecified atom stereocenters. The van der Waals surface area contributed by atoms with Crippen LogP contribution in [0, 0.1) is 5.88 Å². The number of halogens is 1. The van der Waals surface area contributed by atoms with Crippen LogP contribution in [0.1, 0.15) is 6.42 Å². The normalized spacial score (nSPS) is 10.3. The van der Waals surface area contributed by atoms with Crippen molar-refractivity contribution in [2.75, 3.05) is 20.6 Å². The third kappa shape index (κ3) is 6.25. The van der Waals surface area contributed by atoms with E-state index in [4.69, 9.17) is 11.6 Å². The predicted molar refractivity (Wildman–Crippen MR) is 33.3 cm³/mol. The summed E-state index contributed by atoms with van der Waals surface area (Å²) in [5, 5.41) is 0. The van der Waals surface area contributed by atoms with Crippen LogP contribution in [0.15, 0.2) is 0 Å². The van der Waals surface area contributed by atoms with E-state index in [9.17, 15) is 0 Å². The molecule has 0 bridgehead atoms. The average molecular weight is 121 g/mol. The maximum absolute atomic E-state index is 5.29. The minimum atomic E-state index is 0.967. The molecule has 1 nitrogen and oxygen atoms in total. The monoisotopic (exact) mass is 120 g/mol. The Kier molecular flexibility index (Phi) is 4.57. The molecule has 7 heavy (non-hydrogen) atoms. The Labute approximate surface area is 50.3 Å². The average Bonchev–Trinajstić information content (AvgIpc) is 1.61. The third-order valence-electron chi connectivity index (χ3n) is 0.685. The molecule has 0 aromatic heterocycles. The SMILES string of the molecule is CN(C)CC[CH]Cl. The molecular formula is C5H11ClN. The van der Waals surface area contributed by atoms with Gasteiger partial charge in [0.05, 0.1) is 5.88 Å². The number of hydrogen-bond donors (Lipinski definition) is 0. The second kappa shape index (κ2) is 4.41. The summed E-state index contributed by atoms with van der Waals surface area (Å²) in [6.45, 7) is 1.05. The first-order valence-electron chi connectivity index (χ1n) is 2.34. The van der Waals surface area contributed by atoms with Crippen LogP contribution in [0.3, 0.4) is 0 Å². The van der Waals surface area contributed by atoms with E-state index in [-0.39, 0.29) is 0 Å². The molecule has 0 aliphatic heterocycles. The topological polar surface area (TPSA) is 3.24 Å². The lowest BCUT2D eigenvalue weighted by Gasteiger charge is -2.05. The first-order valence-corrected chi connectivity index (χ1v) is 2.77. The first-order chi connectivity index (χ1) is 3.27. The molecule has 43 valence electrons. The molecule has 0 spiro atoms. The summed E-state index contributed by atoms with van der Waals surface area (Å²) in [5.41, 5.74) is 0. The quantitative estimate of drug-likeness (QED) is 0.544. The van der Waals surface area contributed by atoms with E-state index in [1.807, 2.05) is 14.1 Å². The predicted octanol–water partition coefficient (Wildman–Crippen LogP) is 1.34. The van der Waals surface area contributed by atoms with Crippen molar-refractivity contribution in [3.05, 3.63) is 5.88 Å². The number of hydrogen-bond acceptors (Lipinski definition) is 1. The Morgan fingerprint density at radius 3 is 2.29 bits per heavy atom. The van der Waals surface area contributed by atoms with Gasteiger partial charge in [-0.3, -0.25) is 0 Å². The highest BCUT2D eigenvalue weighted by Gasteiger charge is 1.85. The summed E-state index contributed by atoms with van der Waals surface area (Å²) in [6, 6.07) is 0. The van der Waals surface area contributed by atoms with Gasteiger partial charge in [-0.1, -0.05) is 0 Å². The van der Waals surface area contributed by atoms with Gasteiger partial charge >= 0.3 is 0 Å². The van der Waals surface area contributed by atoms with Gasteiger partial charge in [0.1, 0.15) is 0 Å². The highest BCUT2D eigenvalue weighted by atomic mass is 35.5. The molecule has 0 N–H and O–H groups in total. The van der Waals surface area contributed by atoms with Crippen LogP contribution in [-0.4, -0.2) is 25.5 Å². The van der Waals surface area contributed by atoms with Gasteiger partial charge in [0.15, 0.2) is 0 Å². The molecule has 0 aliphatic rings. The van der Waals surface area contributed by atoms with E-state index >= 15 is 0 Å². The van der Waals surface area contributed by atoms with E-state index < -0.39 is 0 Å². The van der Waals surface area contributed by atoms with Crippen LogP contribution < -0.4 is 0 Å². The molecule has 0 amide bonds. The molecule has 0 saturated carbocycles. The van der Waals surface area contributed by atoms with Crippen LogP contribution in [0.5, 0.6) is 0 Å². The maximum atomic E-state index is 5.29. The fourth-order valence-corrected chi connectivity index (χ4v) is 0.405. The maximum Gasteiger partial charge on any atom is 0.0512 e. The van der Waals surface area contributed by atoms with Gasteiger partial charge in [-0.2, -0.15) is 0 Å². The van der Waals surface area contributed by atoms with Crippen molar-refractivity contribution in [2.45, 2.75) is 6.42 Å². The van der Waals surface area contributed by atoms with E-state index in [1.165, 1.54) is 0 Å². The summed E-state index contributed by atoms with van der Waals surface area (Å²) < 4.78 is 0. The summed E-state index contributed by atoms with van der Waals surface area (Å²) in [5.74, 6) is 1.65. The lowest BCUT2D eigenvalue weighted by Crippen LogP contribution is -2.12. The van der Waals surface area contributed by atoms with Gasteiger partial charge in [-0.15, -0.1) is 11.6 Å². The van der Waals surface area contributed by atoms with Gasteiger partial charge in [0.25, 0.3) is 0 Å².